The summed E-state index contributed by atoms with van der Waals surface area (Å²) in [6.45, 7) is 11.2. The zero-order valence-electron chi connectivity index (χ0n) is 12.2. The Labute approximate surface area is 124 Å². The minimum Gasteiger partial charge on any atom is -0.357 e. The predicted octanol–water partition coefficient (Wildman–Crippen LogP) is 5.58. The first-order valence-corrected chi connectivity index (χ1v) is 7.69. The van der Waals surface area contributed by atoms with Crippen LogP contribution in [-0.2, 0) is 0 Å². The van der Waals surface area contributed by atoms with Crippen molar-refractivity contribution in [1.82, 2.24) is 4.98 Å². The van der Waals surface area contributed by atoms with E-state index in [1.54, 1.807) is 11.3 Å². The molecule has 0 aliphatic heterocycles. The molecule has 19 heavy (non-hydrogen) atoms. The Hall–Kier alpha value is -0.800. The molecule has 2 aromatic rings. The summed E-state index contributed by atoms with van der Waals surface area (Å²) < 4.78 is 1.05. The molecule has 4 heteroatoms. The normalized spacial score (nSPS) is 12.9. The van der Waals surface area contributed by atoms with Crippen LogP contribution in [0.1, 0.15) is 41.0 Å². The van der Waals surface area contributed by atoms with E-state index in [1.165, 1.54) is 0 Å². The van der Waals surface area contributed by atoms with E-state index >= 15 is 0 Å². The molecule has 0 saturated carbocycles. The minimum atomic E-state index is 0.0125. The Morgan fingerprint density at radius 1 is 1.21 bits per heavy atom. The highest BCUT2D eigenvalue weighted by Gasteiger charge is 2.26. The average molecular weight is 297 g/mol. The molecule has 104 valence electrons. The number of fused-ring (bicyclic) bond motifs is 1. The molecule has 0 bridgehead atoms. The Balaban J connectivity index is 2.24. The van der Waals surface area contributed by atoms with Crippen LogP contribution >= 0.6 is 22.9 Å². The van der Waals surface area contributed by atoms with Gasteiger partial charge in [0, 0.05) is 5.54 Å². The lowest BCUT2D eigenvalue weighted by atomic mass is 9.82. The van der Waals surface area contributed by atoms with Crippen molar-refractivity contribution in [2.45, 2.75) is 46.6 Å². The molecule has 0 radical (unpaired) electrons. The van der Waals surface area contributed by atoms with Crippen molar-refractivity contribution in [2.75, 3.05) is 5.32 Å². The summed E-state index contributed by atoms with van der Waals surface area (Å²) in [6.07, 6.45) is 1.07. The lowest BCUT2D eigenvalue weighted by molar-refractivity contribution is 0.302. The quantitative estimate of drug-likeness (QED) is 0.800. The van der Waals surface area contributed by atoms with E-state index in [-0.39, 0.29) is 11.0 Å². The van der Waals surface area contributed by atoms with Gasteiger partial charge in [-0.05, 0) is 37.8 Å². The van der Waals surface area contributed by atoms with Gasteiger partial charge in [0.15, 0.2) is 5.13 Å². The summed E-state index contributed by atoms with van der Waals surface area (Å²) in [5, 5.41) is 5.26. The molecule has 0 unspecified atom stereocenters. The fourth-order valence-electron chi connectivity index (χ4n) is 2.63. The number of nitrogens with one attached hydrogen (secondary N) is 1. The first-order chi connectivity index (χ1) is 8.66. The number of rotatable bonds is 3. The van der Waals surface area contributed by atoms with Crippen LogP contribution in [0.15, 0.2) is 18.2 Å². The van der Waals surface area contributed by atoms with E-state index in [0.717, 1.165) is 26.8 Å². The Bertz CT molecular complexity index is 581. The number of hydrogen-bond acceptors (Lipinski definition) is 3. The highest BCUT2D eigenvalue weighted by Crippen LogP contribution is 2.35. The van der Waals surface area contributed by atoms with Crippen LogP contribution in [0, 0.1) is 5.41 Å². The molecule has 0 fully saturated rings. The maximum Gasteiger partial charge on any atom is 0.184 e. The molecular weight excluding hydrogens is 276 g/mol. The van der Waals surface area contributed by atoms with Gasteiger partial charge in [0.25, 0.3) is 0 Å². The molecule has 1 N–H and O–H groups in total. The van der Waals surface area contributed by atoms with Gasteiger partial charge in [-0.3, -0.25) is 0 Å². The largest absolute Gasteiger partial charge is 0.357 e. The average Bonchev–Trinajstić information content (AvgIpc) is 2.56. The highest BCUT2D eigenvalue weighted by molar-refractivity contribution is 7.22. The maximum atomic E-state index is 6.19. The first kappa shape index (κ1) is 14.6. The predicted molar refractivity (Wildman–Crippen MR) is 86.4 cm³/mol. The van der Waals surface area contributed by atoms with Crippen molar-refractivity contribution in [3.63, 3.8) is 0 Å². The zero-order chi connectivity index (χ0) is 14.3. The van der Waals surface area contributed by atoms with Gasteiger partial charge < -0.3 is 5.32 Å². The van der Waals surface area contributed by atoms with Crippen LogP contribution in [0.5, 0.6) is 0 Å². The van der Waals surface area contributed by atoms with Gasteiger partial charge in [-0.25, -0.2) is 4.98 Å². The summed E-state index contributed by atoms with van der Waals surface area (Å²) in [6, 6.07) is 5.85. The molecule has 0 atom stereocenters. The molecule has 1 aromatic carbocycles. The molecule has 0 saturated heterocycles. The number of nitrogens with zero attached hydrogens (tertiary/aromatic N) is 1. The van der Waals surface area contributed by atoms with Gasteiger partial charge in [0.1, 0.15) is 0 Å². The second-order valence-electron chi connectivity index (χ2n) is 6.85. The van der Waals surface area contributed by atoms with E-state index < -0.39 is 0 Å². The highest BCUT2D eigenvalue weighted by atomic mass is 35.5. The summed E-state index contributed by atoms with van der Waals surface area (Å²) in [5.41, 5.74) is 1.26. The minimum absolute atomic E-state index is 0.0125. The second kappa shape index (κ2) is 4.95. The molecule has 0 amide bonds. The van der Waals surface area contributed by atoms with Gasteiger partial charge in [0.05, 0.1) is 15.2 Å². The van der Waals surface area contributed by atoms with Crippen LogP contribution < -0.4 is 5.32 Å². The van der Waals surface area contributed by atoms with Crippen molar-refractivity contribution < 1.29 is 0 Å². The number of hydrogen-bond donors (Lipinski definition) is 1. The van der Waals surface area contributed by atoms with Gasteiger partial charge >= 0.3 is 0 Å². The van der Waals surface area contributed by atoms with Crippen LogP contribution in [0.25, 0.3) is 10.2 Å². The summed E-state index contributed by atoms with van der Waals surface area (Å²) in [4.78, 5) is 4.61. The van der Waals surface area contributed by atoms with E-state index in [4.69, 9.17) is 11.6 Å². The van der Waals surface area contributed by atoms with E-state index in [1.807, 2.05) is 18.2 Å². The van der Waals surface area contributed by atoms with Crippen LogP contribution in [0.4, 0.5) is 5.13 Å². The van der Waals surface area contributed by atoms with Crippen molar-refractivity contribution in [1.29, 1.82) is 0 Å². The zero-order valence-corrected chi connectivity index (χ0v) is 13.7. The third-order valence-corrected chi connectivity index (χ3v) is 4.23. The topological polar surface area (TPSA) is 24.9 Å². The van der Waals surface area contributed by atoms with Gasteiger partial charge in [-0.15, -0.1) is 0 Å². The van der Waals surface area contributed by atoms with Gasteiger partial charge in [0.2, 0.25) is 0 Å². The second-order valence-corrected chi connectivity index (χ2v) is 8.26. The molecule has 0 aliphatic carbocycles. The van der Waals surface area contributed by atoms with Gasteiger partial charge in [-0.1, -0.05) is 49.8 Å². The monoisotopic (exact) mass is 296 g/mol. The summed E-state index contributed by atoms with van der Waals surface area (Å²) >= 11 is 7.81. The molecule has 2 rings (SSSR count). The lowest BCUT2D eigenvalue weighted by Gasteiger charge is -2.33. The lowest BCUT2D eigenvalue weighted by Crippen LogP contribution is -2.35. The molecule has 0 spiro atoms. The Morgan fingerprint density at radius 2 is 1.89 bits per heavy atom. The van der Waals surface area contributed by atoms with Crippen molar-refractivity contribution in [2.24, 2.45) is 5.41 Å². The first-order valence-electron chi connectivity index (χ1n) is 6.50. The maximum absolute atomic E-state index is 6.19. The Kier molecular flexibility index (Phi) is 3.80. The van der Waals surface area contributed by atoms with Crippen LogP contribution in [-0.4, -0.2) is 10.5 Å². The fraction of sp³-hybridized carbons (Fsp3) is 0.533. The summed E-state index contributed by atoms with van der Waals surface area (Å²) in [7, 11) is 0. The standard InChI is InChI=1S/C15H21ClN2S/c1-14(2,3)9-15(4,5)18-13-17-11-8-6-7-10(16)12(11)19-13/h6-8H,9H2,1-5H3,(H,17,18). The SMILES string of the molecule is CC(C)(C)CC(C)(C)Nc1nc2cccc(Cl)c2s1. The van der Waals surface area contributed by atoms with Crippen molar-refractivity contribution in [3.8, 4) is 0 Å². The number of anilines is 1. The third kappa shape index (κ3) is 3.83. The van der Waals surface area contributed by atoms with E-state index in [2.05, 4.69) is 44.9 Å². The smallest absolute Gasteiger partial charge is 0.184 e. The van der Waals surface area contributed by atoms with Crippen LogP contribution in [0.3, 0.4) is 0 Å². The summed E-state index contributed by atoms with van der Waals surface area (Å²) in [5.74, 6) is 0. The molecular formula is C15H21ClN2S. The number of aromatic nitrogens is 1. The molecule has 1 heterocycles. The Morgan fingerprint density at radius 3 is 2.47 bits per heavy atom. The molecule has 0 aliphatic rings. The van der Waals surface area contributed by atoms with E-state index in [0.29, 0.717) is 0 Å². The number of thiazole rings is 1. The van der Waals surface area contributed by atoms with E-state index in [9.17, 15) is 0 Å². The van der Waals surface area contributed by atoms with Crippen molar-refractivity contribution >= 4 is 38.3 Å². The molecule has 2 nitrogen and oxygen atoms in total. The fourth-order valence-corrected chi connectivity index (χ4v) is 3.96. The number of halogens is 1. The van der Waals surface area contributed by atoms with Gasteiger partial charge in [-0.2, -0.15) is 0 Å². The third-order valence-electron chi connectivity index (χ3n) is 2.78. The molecule has 1 aromatic heterocycles. The van der Waals surface area contributed by atoms with Crippen molar-refractivity contribution in [3.05, 3.63) is 23.2 Å². The van der Waals surface area contributed by atoms with Crippen LogP contribution in [0.2, 0.25) is 5.02 Å². The number of benzene rings is 1.